The molecule has 4 nitrogen and oxygen atoms in total. The van der Waals surface area contributed by atoms with Crippen LogP contribution in [0, 0.1) is 11.8 Å². The van der Waals surface area contributed by atoms with Crippen LogP contribution in [0.1, 0.15) is 39.0 Å². The Hall–Kier alpha value is -0.770. The van der Waals surface area contributed by atoms with Crippen LogP contribution in [-0.2, 0) is 0 Å². The quantitative estimate of drug-likeness (QED) is 0.285. The molecule has 0 aromatic heterocycles. The fourth-order valence-corrected chi connectivity index (χ4v) is 2.21. The third-order valence-electron chi connectivity index (χ3n) is 3.34. The van der Waals surface area contributed by atoms with Gasteiger partial charge in [-0.15, -0.1) is 0 Å². The van der Waals surface area contributed by atoms with Crippen molar-refractivity contribution >= 4 is 5.96 Å². The molecule has 0 aromatic rings. The summed E-state index contributed by atoms with van der Waals surface area (Å²) in [4.78, 5) is 3.97. The zero-order valence-electron chi connectivity index (χ0n) is 9.92. The Morgan fingerprint density at radius 1 is 1.33 bits per heavy atom. The van der Waals surface area contributed by atoms with Gasteiger partial charge in [-0.25, -0.2) is 5.84 Å². The van der Waals surface area contributed by atoms with Gasteiger partial charge in [0.1, 0.15) is 0 Å². The van der Waals surface area contributed by atoms with Gasteiger partial charge in [0.05, 0.1) is 0 Å². The maximum Gasteiger partial charge on any atom is 0.205 e. The summed E-state index contributed by atoms with van der Waals surface area (Å²) in [6.45, 7) is 3.32. The first-order valence-corrected chi connectivity index (χ1v) is 5.93. The van der Waals surface area contributed by atoms with Crippen LogP contribution in [0.15, 0.2) is 4.99 Å². The zero-order chi connectivity index (χ0) is 11.1. The summed E-state index contributed by atoms with van der Waals surface area (Å²) in [5.74, 6) is 7.79. The summed E-state index contributed by atoms with van der Waals surface area (Å²) in [7, 11) is 1.73. The van der Waals surface area contributed by atoms with Gasteiger partial charge in [0.25, 0.3) is 0 Å². The highest BCUT2D eigenvalue weighted by Crippen LogP contribution is 2.29. The van der Waals surface area contributed by atoms with E-state index in [0.29, 0.717) is 5.96 Å². The molecule has 1 aliphatic carbocycles. The highest BCUT2D eigenvalue weighted by molar-refractivity contribution is 5.78. The lowest BCUT2D eigenvalue weighted by Crippen LogP contribution is -2.42. The van der Waals surface area contributed by atoms with Crippen LogP contribution < -0.4 is 16.6 Å². The number of hydrogen-bond donors (Lipinski definition) is 3. The van der Waals surface area contributed by atoms with Crippen molar-refractivity contribution in [1.29, 1.82) is 0 Å². The van der Waals surface area contributed by atoms with E-state index in [9.17, 15) is 0 Å². The molecule has 0 unspecified atom stereocenters. The molecule has 4 heteroatoms. The lowest BCUT2D eigenvalue weighted by Gasteiger charge is -2.26. The number of nitrogens with zero attached hydrogens (tertiary/aromatic N) is 1. The summed E-state index contributed by atoms with van der Waals surface area (Å²) in [5, 5.41) is 3.19. The van der Waals surface area contributed by atoms with Crippen LogP contribution in [0.5, 0.6) is 0 Å². The third kappa shape index (κ3) is 4.51. The van der Waals surface area contributed by atoms with Gasteiger partial charge < -0.3 is 5.32 Å². The Labute approximate surface area is 92.7 Å². The molecular weight excluding hydrogens is 188 g/mol. The van der Waals surface area contributed by atoms with Crippen molar-refractivity contribution < 1.29 is 0 Å². The van der Waals surface area contributed by atoms with Crippen molar-refractivity contribution in [3.05, 3.63) is 0 Å². The van der Waals surface area contributed by atoms with Crippen LogP contribution in [0.3, 0.4) is 0 Å². The van der Waals surface area contributed by atoms with Crippen LogP contribution in [0.25, 0.3) is 0 Å². The number of hydrogen-bond acceptors (Lipinski definition) is 2. The Bertz CT molecular complexity index is 195. The second kappa shape index (κ2) is 6.67. The van der Waals surface area contributed by atoms with Crippen LogP contribution >= 0.6 is 0 Å². The van der Waals surface area contributed by atoms with E-state index in [-0.39, 0.29) is 0 Å². The molecule has 0 saturated heterocycles. The molecule has 1 rings (SSSR count). The molecule has 0 bridgehead atoms. The second-order valence-electron chi connectivity index (χ2n) is 4.56. The molecule has 0 amide bonds. The van der Waals surface area contributed by atoms with Crippen molar-refractivity contribution in [3.8, 4) is 0 Å². The predicted molar refractivity (Wildman–Crippen MR) is 64.4 cm³/mol. The van der Waals surface area contributed by atoms with Gasteiger partial charge in [-0.05, 0) is 18.3 Å². The Kier molecular flexibility index (Phi) is 5.47. The largest absolute Gasteiger partial charge is 0.355 e. The molecule has 0 atom stereocenters. The summed E-state index contributed by atoms with van der Waals surface area (Å²) >= 11 is 0. The Morgan fingerprint density at radius 2 is 2.00 bits per heavy atom. The highest BCUT2D eigenvalue weighted by Gasteiger charge is 2.17. The van der Waals surface area contributed by atoms with Gasteiger partial charge in [0.15, 0.2) is 0 Å². The topological polar surface area (TPSA) is 62.4 Å². The smallest absolute Gasteiger partial charge is 0.205 e. The van der Waals surface area contributed by atoms with E-state index in [4.69, 9.17) is 5.84 Å². The van der Waals surface area contributed by atoms with Crippen LogP contribution in [0.4, 0.5) is 0 Å². The van der Waals surface area contributed by atoms with Crippen molar-refractivity contribution in [1.82, 2.24) is 10.7 Å². The van der Waals surface area contributed by atoms with Crippen molar-refractivity contribution in [2.45, 2.75) is 39.0 Å². The van der Waals surface area contributed by atoms with Crippen LogP contribution in [-0.4, -0.2) is 19.6 Å². The lowest BCUT2D eigenvalue weighted by atomic mass is 9.81. The van der Waals surface area contributed by atoms with Gasteiger partial charge in [-0.3, -0.25) is 10.4 Å². The lowest BCUT2D eigenvalue weighted by molar-refractivity contribution is 0.278. The molecule has 1 aliphatic rings. The monoisotopic (exact) mass is 212 g/mol. The van der Waals surface area contributed by atoms with Crippen molar-refractivity contribution in [2.75, 3.05) is 13.6 Å². The molecule has 15 heavy (non-hydrogen) atoms. The van der Waals surface area contributed by atoms with E-state index >= 15 is 0 Å². The van der Waals surface area contributed by atoms with E-state index in [1.54, 1.807) is 7.05 Å². The molecule has 1 saturated carbocycles. The molecule has 0 aromatic carbocycles. The van der Waals surface area contributed by atoms with Crippen molar-refractivity contribution in [2.24, 2.45) is 22.7 Å². The van der Waals surface area contributed by atoms with E-state index in [0.717, 1.165) is 18.4 Å². The predicted octanol–water partition coefficient (Wildman–Crippen LogP) is 1.24. The minimum atomic E-state index is 0.680. The second-order valence-corrected chi connectivity index (χ2v) is 4.56. The number of rotatable bonds is 3. The van der Waals surface area contributed by atoms with Crippen LogP contribution in [0.2, 0.25) is 0 Å². The maximum absolute atomic E-state index is 5.28. The molecular formula is C11H24N4. The van der Waals surface area contributed by atoms with E-state index < -0.39 is 0 Å². The Balaban J connectivity index is 2.10. The molecule has 0 radical (unpaired) electrons. The number of aliphatic imine (C=N–C) groups is 1. The van der Waals surface area contributed by atoms with Gasteiger partial charge in [-0.2, -0.15) is 0 Å². The standard InChI is InChI=1S/C11H24N4/c1-9-3-5-10(6-4-9)7-8-14-11(13-2)15-12/h9-10H,3-8,12H2,1-2H3,(H2,13,14,15). The summed E-state index contributed by atoms with van der Waals surface area (Å²) in [5.41, 5.74) is 2.54. The third-order valence-corrected chi connectivity index (χ3v) is 3.34. The van der Waals surface area contributed by atoms with Gasteiger partial charge in [0, 0.05) is 13.6 Å². The Morgan fingerprint density at radius 3 is 2.53 bits per heavy atom. The average molecular weight is 212 g/mol. The zero-order valence-corrected chi connectivity index (χ0v) is 9.92. The molecule has 1 fully saturated rings. The van der Waals surface area contributed by atoms with E-state index in [1.165, 1.54) is 32.1 Å². The molecule has 0 heterocycles. The van der Waals surface area contributed by atoms with E-state index in [1.807, 2.05) is 0 Å². The SMILES string of the molecule is CN=C(NN)NCCC1CCC(C)CC1. The fraction of sp³-hybridized carbons (Fsp3) is 0.909. The summed E-state index contributed by atoms with van der Waals surface area (Å²) < 4.78 is 0. The number of hydrazine groups is 1. The first-order chi connectivity index (χ1) is 7.26. The normalized spacial score (nSPS) is 27.5. The van der Waals surface area contributed by atoms with Gasteiger partial charge in [-0.1, -0.05) is 32.6 Å². The fourth-order valence-electron chi connectivity index (χ4n) is 2.21. The first kappa shape index (κ1) is 12.3. The van der Waals surface area contributed by atoms with E-state index in [2.05, 4.69) is 22.7 Å². The number of nitrogens with two attached hydrogens (primary N) is 1. The minimum absolute atomic E-state index is 0.680. The molecule has 0 aliphatic heterocycles. The molecule has 88 valence electrons. The number of nitrogens with one attached hydrogen (secondary N) is 2. The van der Waals surface area contributed by atoms with Gasteiger partial charge in [0.2, 0.25) is 5.96 Å². The highest BCUT2D eigenvalue weighted by atomic mass is 15.3. The maximum atomic E-state index is 5.28. The summed E-state index contributed by atoms with van der Waals surface area (Å²) in [6, 6.07) is 0. The minimum Gasteiger partial charge on any atom is -0.355 e. The average Bonchev–Trinajstić information content (AvgIpc) is 2.27. The first-order valence-electron chi connectivity index (χ1n) is 5.93. The molecule has 4 N–H and O–H groups in total. The number of guanidine groups is 1. The summed E-state index contributed by atoms with van der Waals surface area (Å²) in [6.07, 6.45) is 6.80. The van der Waals surface area contributed by atoms with Gasteiger partial charge >= 0.3 is 0 Å². The molecule has 0 spiro atoms. The van der Waals surface area contributed by atoms with Crippen molar-refractivity contribution in [3.63, 3.8) is 0 Å².